The summed E-state index contributed by atoms with van der Waals surface area (Å²) in [5.41, 5.74) is 2.15. The largest absolute Gasteiger partial charge is 0.274 e. The predicted molar refractivity (Wildman–Crippen MR) is 86.2 cm³/mol. The smallest absolute Gasteiger partial charge is 0.266 e. The molecule has 0 N–H and O–H groups in total. The molecule has 4 nitrogen and oxygen atoms in total. The van der Waals surface area contributed by atoms with Gasteiger partial charge in [0.25, 0.3) is 10.0 Å². The normalized spacial score (nSPS) is 18.9. The Morgan fingerprint density at radius 1 is 1.23 bits per heavy atom. The average molecular weight is 335 g/mol. The van der Waals surface area contributed by atoms with E-state index in [9.17, 15) is 13.2 Å². The Bertz CT molecular complexity index is 764. The van der Waals surface area contributed by atoms with E-state index < -0.39 is 10.0 Å². The number of thiophene rings is 1. The lowest BCUT2D eigenvalue weighted by molar-refractivity contribution is -0.123. The Morgan fingerprint density at radius 2 is 1.95 bits per heavy atom. The number of carbonyl (C=O) groups is 1. The Hall–Kier alpha value is -1.66. The van der Waals surface area contributed by atoms with E-state index in [4.69, 9.17) is 0 Å². The number of sulfonamides is 1. The number of hydrogen-bond donors (Lipinski definition) is 0. The summed E-state index contributed by atoms with van der Waals surface area (Å²) in [4.78, 5) is 12.3. The summed E-state index contributed by atoms with van der Waals surface area (Å²) in [5.74, 6) is -0.247. The molecule has 2 aromatic rings. The second-order valence-corrected chi connectivity index (χ2v) is 8.29. The molecule has 1 aliphatic heterocycles. The van der Waals surface area contributed by atoms with Gasteiger partial charge in [0.15, 0.2) is 0 Å². The van der Waals surface area contributed by atoms with Gasteiger partial charge in [-0.15, -0.1) is 0 Å². The topological polar surface area (TPSA) is 54.5 Å². The fourth-order valence-electron chi connectivity index (χ4n) is 2.70. The van der Waals surface area contributed by atoms with Crippen molar-refractivity contribution in [3.8, 4) is 0 Å². The van der Waals surface area contributed by atoms with Crippen LogP contribution in [0.4, 0.5) is 0 Å². The molecule has 1 amide bonds. The van der Waals surface area contributed by atoms with Crippen molar-refractivity contribution in [1.29, 1.82) is 0 Å². The van der Waals surface area contributed by atoms with E-state index in [1.165, 1.54) is 0 Å². The maximum Gasteiger partial charge on any atom is 0.266 e. The molecule has 0 spiro atoms. The zero-order valence-electron chi connectivity index (χ0n) is 12.2. The highest BCUT2D eigenvalue weighted by Gasteiger charge is 2.38. The van der Waals surface area contributed by atoms with Crippen LogP contribution in [0.2, 0.25) is 0 Å². The molecule has 1 aromatic heterocycles. The van der Waals surface area contributed by atoms with E-state index >= 15 is 0 Å². The number of carbonyl (C=O) groups excluding carboxylic acids is 1. The van der Waals surface area contributed by atoms with Crippen LogP contribution in [-0.4, -0.2) is 25.2 Å². The molecule has 0 unspecified atom stereocenters. The van der Waals surface area contributed by atoms with Gasteiger partial charge in [0.05, 0.1) is 4.90 Å². The predicted octanol–water partition coefficient (Wildman–Crippen LogP) is 2.84. The third kappa shape index (κ3) is 2.94. The van der Waals surface area contributed by atoms with Crippen molar-refractivity contribution in [3.63, 3.8) is 0 Å². The molecule has 116 valence electrons. The number of hydrogen-bond acceptors (Lipinski definition) is 4. The maximum atomic E-state index is 12.6. The van der Waals surface area contributed by atoms with Crippen molar-refractivity contribution in [3.05, 3.63) is 52.2 Å². The first kappa shape index (κ1) is 15.2. The zero-order valence-corrected chi connectivity index (χ0v) is 13.9. The van der Waals surface area contributed by atoms with Gasteiger partial charge in [0.1, 0.15) is 0 Å². The van der Waals surface area contributed by atoms with E-state index in [0.717, 1.165) is 21.9 Å². The van der Waals surface area contributed by atoms with Crippen LogP contribution in [-0.2, 0) is 21.2 Å². The minimum atomic E-state index is -3.73. The van der Waals surface area contributed by atoms with Crippen molar-refractivity contribution in [2.45, 2.75) is 24.7 Å². The molecule has 1 aromatic carbocycles. The molecule has 0 radical (unpaired) electrons. The highest BCUT2D eigenvalue weighted by molar-refractivity contribution is 7.89. The van der Waals surface area contributed by atoms with Gasteiger partial charge in [0, 0.05) is 13.0 Å². The molecular formula is C16H17NO3S2. The van der Waals surface area contributed by atoms with E-state index in [1.54, 1.807) is 35.6 Å². The lowest BCUT2D eigenvalue weighted by atomic mass is 10.0. The lowest BCUT2D eigenvalue weighted by Crippen LogP contribution is -2.32. The Labute approximate surface area is 134 Å². The molecule has 1 fully saturated rings. The Balaban J connectivity index is 1.79. The van der Waals surface area contributed by atoms with Crippen LogP contribution in [0.25, 0.3) is 0 Å². The summed E-state index contributed by atoms with van der Waals surface area (Å²) in [6, 6.07) is 8.63. The zero-order chi connectivity index (χ0) is 15.7. The fourth-order valence-corrected chi connectivity index (χ4v) is 4.86. The van der Waals surface area contributed by atoms with Crippen LogP contribution in [0.3, 0.4) is 0 Å². The number of amides is 1. The van der Waals surface area contributed by atoms with Gasteiger partial charge in [-0.3, -0.25) is 4.79 Å². The van der Waals surface area contributed by atoms with Crippen LogP contribution >= 0.6 is 11.3 Å². The number of rotatable bonds is 4. The summed E-state index contributed by atoms with van der Waals surface area (Å²) in [6.45, 7) is 2.17. The van der Waals surface area contributed by atoms with E-state index in [1.807, 2.05) is 23.8 Å². The van der Waals surface area contributed by atoms with Crippen molar-refractivity contribution < 1.29 is 13.2 Å². The average Bonchev–Trinajstić information content (AvgIpc) is 3.10. The van der Waals surface area contributed by atoms with Crippen LogP contribution in [0.15, 0.2) is 46.0 Å². The van der Waals surface area contributed by atoms with Gasteiger partial charge in [-0.25, -0.2) is 12.7 Å². The van der Waals surface area contributed by atoms with Gasteiger partial charge < -0.3 is 0 Å². The van der Waals surface area contributed by atoms with Gasteiger partial charge in [-0.1, -0.05) is 17.7 Å². The molecule has 1 atom stereocenters. The number of nitrogens with zero attached hydrogens (tertiary/aromatic N) is 1. The quantitative estimate of drug-likeness (QED) is 0.863. The van der Waals surface area contributed by atoms with Gasteiger partial charge in [-0.05, 0) is 53.8 Å². The number of benzene rings is 1. The highest BCUT2D eigenvalue weighted by atomic mass is 32.2. The van der Waals surface area contributed by atoms with Crippen molar-refractivity contribution >= 4 is 27.3 Å². The van der Waals surface area contributed by atoms with Gasteiger partial charge in [-0.2, -0.15) is 11.3 Å². The van der Waals surface area contributed by atoms with Crippen molar-refractivity contribution in [2.24, 2.45) is 5.92 Å². The van der Waals surface area contributed by atoms with E-state index in [2.05, 4.69) is 0 Å². The highest BCUT2D eigenvalue weighted by Crippen LogP contribution is 2.28. The van der Waals surface area contributed by atoms with Crippen LogP contribution in [0, 0.1) is 12.8 Å². The number of aryl methyl sites for hydroxylation is 1. The third-order valence-electron chi connectivity index (χ3n) is 3.88. The molecule has 1 saturated heterocycles. The molecule has 0 saturated carbocycles. The first-order chi connectivity index (χ1) is 10.5. The monoisotopic (exact) mass is 335 g/mol. The van der Waals surface area contributed by atoms with E-state index in [0.29, 0.717) is 6.42 Å². The summed E-state index contributed by atoms with van der Waals surface area (Å²) < 4.78 is 26.3. The molecule has 0 aliphatic carbocycles. The summed E-state index contributed by atoms with van der Waals surface area (Å²) in [5, 5.41) is 4.04. The summed E-state index contributed by atoms with van der Waals surface area (Å²) in [7, 11) is -3.73. The molecule has 22 heavy (non-hydrogen) atoms. The first-order valence-corrected chi connectivity index (χ1v) is 9.48. The minimum Gasteiger partial charge on any atom is -0.274 e. The first-order valence-electron chi connectivity index (χ1n) is 7.10. The molecular weight excluding hydrogens is 318 g/mol. The van der Waals surface area contributed by atoms with E-state index in [-0.39, 0.29) is 23.3 Å². The second kappa shape index (κ2) is 5.85. The summed E-state index contributed by atoms with van der Waals surface area (Å²) >= 11 is 1.61. The van der Waals surface area contributed by atoms with Crippen molar-refractivity contribution in [1.82, 2.24) is 4.31 Å². The lowest BCUT2D eigenvalue weighted by Gasteiger charge is -2.17. The molecule has 3 rings (SSSR count). The minimum absolute atomic E-state index is 0.0577. The molecule has 2 heterocycles. The van der Waals surface area contributed by atoms with Crippen LogP contribution in [0.5, 0.6) is 0 Å². The second-order valence-electron chi connectivity index (χ2n) is 5.65. The SMILES string of the molecule is Cc1ccc(S(=O)(=O)N2C[C@H](Cc3ccsc3)CC2=O)cc1. The fraction of sp³-hybridized carbons (Fsp3) is 0.312. The molecule has 0 bridgehead atoms. The van der Waals surface area contributed by atoms with Gasteiger partial charge >= 0.3 is 0 Å². The molecule has 6 heteroatoms. The van der Waals surface area contributed by atoms with Crippen LogP contribution < -0.4 is 0 Å². The maximum absolute atomic E-state index is 12.6. The van der Waals surface area contributed by atoms with Gasteiger partial charge in [0.2, 0.25) is 5.91 Å². The third-order valence-corrected chi connectivity index (χ3v) is 6.41. The Kier molecular flexibility index (Phi) is 4.06. The Morgan fingerprint density at radius 3 is 2.59 bits per heavy atom. The standard InChI is InChI=1S/C16H17NO3S2/c1-12-2-4-15(5-3-12)22(19,20)17-10-14(9-16(17)18)8-13-6-7-21-11-13/h2-7,11,14H,8-10H2,1H3/t14-/m1/s1. The summed E-state index contributed by atoms with van der Waals surface area (Å²) in [6.07, 6.45) is 1.04. The van der Waals surface area contributed by atoms with Crippen molar-refractivity contribution in [2.75, 3.05) is 6.54 Å². The molecule has 1 aliphatic rings. The van der Waals surface area contributed by atoms with Crippen LogP contribution in [0.1, 0.15) is 17.5 Å².